The molecule has 17 heavy (non-hydrogen) atoms. The summed E-state index contributed by atoms with van der Waals surface area (Å²) in [6, 6.07) is 9.36. The topological polar surface area (TPSA) is 74.1 Å². The van der Waals surface area contributed by atoms with Crippen LogP contribution < -0.4 is 9.46 Å². The van der Waals surface area contributed by atoms with Crippen molar-refractivity contribution in [3.63, 3.8) is 0 Å². The van der Waals surface area contributed by atoms with Gasteiger partial charge in [0.05, 0.1) is 0 Å². The van der Waals surface area contributed by atoms with Crippen LogP contribution >= 0.6 is 0 Å². The zero-order chi connectivity index (χ0) is 12.5. The van der Waals surface area contributed by atoms with Gasteiger partial charge in [0.15, 0.2) is 12.4 Å². The fourth-order valence-corrected chi connectivity index (χ4v) is 1.74. The number of aliphatic hydroxyl groups is 1. The van der Waals surface area contributed by atoms with E-state index in [1.54, 1.807) is 24.3 Å². The van der Waals surface area contributed by atoms with E-state index in [9.17, 15) is 15.5 Å². The van der Waals surface area contributed by atoms with Crippen molar-refractivity contribution >= 4 is 0 Å². The third-order valence-corrected chi connectivity index (χ3v) is 2.65. The smallest absolute Gasteiger partial charge is 0.235 e. The Labute approximate surface area is 98.4 Å². The van der Waals surface area contributed by atoms with Crippen molar-refractivity contribution in [2.75, 3.05) is 0 Å². The summed E-state index contributed by atoms with van der Waals surface area (Å²) in [6.07, 6.45) is 2.56. The maximum absolute atomic E-state index is 11.6. The first-order chi connectivity index (χ1) is 8.03. The standard InChI is InChI=1S/C12H12N2O3/c1-12(15,10-6-2-4-8-13(10)16)11-7-3-5-9-14(11)17/h2-9,15H,1H3. The third-order valence-electron chi connectivity index (χ3n) is 2.65. The van der Waals surface area contributed by atoms with Crippen molar-refractivity contribution in [3.05, 3.63) is 70.6 Å². The second-order valence-corrected chi connectivity index (χ2v) is 3.90. The second-order valence-electron chi connectivity index (χ2n) is 3.90. The molecule has 0 atom stereocenters. The minimum Gasteiger partial charge on any atom is -0.618 e. The van der Waals surface area contributed by atoms with E-state index < -0.39 is 5.60 Å². The van der Waals surface area contributed by atoms with Crippen molar-refractivity contribution in [1.29, 1.82) is 0 Å². The predicted octanol–water partition coefficient (Wildman–Crippen LogP) is 0.209. The number of hydrogen-bond acceptors (Lipinski definition) is 3. The Hall–Kier alpha value is -2.14. The van der Waals surface area contributed by atoms with E-state index >= 15 is 0 Å². The molecule has 5 nitrogen and oxygen atoms in total. The first kappa shape index (κ1) is 11.3. The van der Waals surface area contributed by atoms with Gasteiger partial charge in [-0.15, -0.1) is 0 Å². The molecule has 0 aromatic carbocycles. The SMILES string of the molecule is CC(O)(c1cccc[n+]1[O-])c1cccc[n+]1[O-]. The Balaban J connectivity index is 2.58. The number of rotatable bonds is 2. The molecular weight excluding hydrogens is 220 g/mol. The molecule has 0 aliphatic heterocycles. The van der Waals surface area contributed by atoms with E-state index in [1.165, 1.54) is 31.5 Å². The molecule has 0 bridgehead atoms. The Morgan fingerprint density at radius 1 is 0.941 bits per heavy atom. The van der Waals surface area contributed by atoms with Crippen LogP contribution in [0.3, 0.4) is 0 Å². The summed E-state index contributed by atoms with van der Waals surface area (Å²) >= 11 is 0. The molecule has 0 saturated heterocycles. The quantitative estimate of drug-likeness (QED) is 0.594. The van der Waals surface area contributed by atoms with Gasteiger partial charge in [0.25, 0.3) is 0 Å². The first-order valence-corrected chi connectivity index (χ1v) is 5.13. The van der Waals surface area contributed by atoms with Crippen LogP contribution in [0.15, 0.2) is 48.8 Å². The average Bonchev–Trinajstić information content (AvgIpc) is 2.29. The van der Waals surface area contributed by atoms with E-state index in [0.29, 0.717) is 9.46 Å². The van der Waals surface area contributed by atoms with Gasteiger partial charge in [-0.3, -0.25) is 0 Å². The maximum atomic E-state index is 11.6. The van der Waals surface area contributed by atoms with Crippen LogP contribution in [0.2, 0.25) is 0 Å². The highest BCUT2D eigenvalue weighted by Gasteiger charge is 2.39. The summed E-state index contributed by atoms with van der Waals surface area (Å²) in [5, 5.41) is 33.6. The molecule has 0 saturated carbocycles. The van der Waals surface area contributed by atoms with E-state index in [4.69, 9.17) is 0 Å². The molecule has 0 fully saturated rings. The summed E-state index contributed by atoms with van der Waals surface area (Å²) < 4.78 is 1.10. The highest BCUT2D eigenvalue weighted by atomic mass is 16.5. The van der Waals surface area contributed by atoms with Gasteiger partial charge in [-0.25, -0.2) is 0 Å². The third kappa shape index (κ3) is 1.92. The molecule has 2 aromatic heterocycles. The van der Waals surface area contributed by atoms with Crippen LogP contribution in [0, 0.1) is 10.4 Å². The summed E-state index contributed by atoms with van der Waals surface area (Å²) in [5.41, 5.74) is -1.42. The predicted molar refractivity (Wildman–Crippen MR) is 59.5 cm³/mol. The van der Waals surface area contributed by atoms with Gasteiger partial charge in [-0.05, 0) is 19.1 Å². The Kier molecular flexibility index (Phi) is 2.69. The molecule has 0 amide bonds. The maximum Gasteiger partial charge on any atom is 0.235 e. The lowest BCUT2D eigenvalue weighted by Gasteiger charge is -2.20. The fourth-order valence-electron chi connectivity index (χ4n) is 1.74. The molecule has 2 heterocycles. The zero-order valence-corrected chi connectivity index (χ0v) is 9.28. The molecule has 5 heteroatoms. The Morgan fingerprint density at radius 2 is 1.35 bits per heavy atom. The Morgan fingerprint density at radius 3 is 1.71 bits per heavy atom. The molecule has 0 radical (unpaired) electrons. The highest BCUT2D eigenvalue weighted by molar-refractivity contribution is 5.19. The van der Waals surface area contributed by atoms with Gasteiger partial charge in [0.2, 0.25) is 17.0 Å². The van der Waals surface area contributed by atoms with E-state index in [1.807, 2.05) is 0 Å². The molecule has 2 rings (SSSR count). The van der Waals surface area contributed by atoms with E-state index in [2.05, 4.69) is 0 Å². The highest BCUT2D eigenvalue weighted by Crippen LogP contribution is 2.23. The zero-order valence-electron chi connectivity index (χ0n) is 9.28. The molecule has 0 unspecified atom stereocenters. The van der Waals surface area contributed by atoms with Crippen molar-refractivity contribution in [2.45, 2.75) is 12.5 Å². The van der Waals surface area contributed by atoms with Crippen LogP contribution in [-0.4, -0.2) is 5.11 Å². The lowest BCUT2D eigenvalue weighted by molar-refractivity contribution is -0.641. The minimum atomic E-state index is -1.63. The molecule has 1 N–H and O–H groups in total. The summed E-state index contributed by atoms with van der Waals surface area (Å²) in [7, 11) is 0. The fraction of sp³-hybridized carbons (Fsp3) is 0.167. The van der Waals surface area contributed by atoms with Gasteiger partial charge in [-0.2, -0.15) is 9.46 Å². The summed E-state index contributed by atoms with van der Waals surface area (Å²) in [5.74, 6) is 0. The van der Waals surface area contributed by atoms with Crippen molar-refractivity contribution in [3.8, 4) is 0 Å². The van der Waals surface area contributed by atoms with Crippen LogP contribution in [0.1, 0.15) is 18.3 Å². The second kappa shape index (κ2) is 4.03. The van der Waals surface area contributed by atoms with Crippen LogP contribution in [0.4, 0.5) is 0 Å². The van der Waals surface area contributed by atoms with Gasteiger partial charge >= 0.3 is 0 Å². The number of nitrogens with zero attached hydrogens (tertiary/aromatic N) is 2. The van der Waals surface area contributed by atoms with Crippen molar-refractivity contribution in [1.82, 2.24) is 0 Å². The van der Waals surface area contributed by atoms with Crippen molar-refractivity contribution < 1.29 is 14.6 Å². The lowest BCUT2D eigenvalue weighted by atomic mass is 9.96. The van der Waals surface area contributed by atoms with Gasteiger partial charge in [0.1, 0.15) is 0 Å². The molecule has 0 aliphatic carbocycles. The summed E-state index contributed by atoms with van der Waals surface area (Å²) in [6.45, 7) is 1.42. The number of hydrogen-bond donors (Lipinski definition) is 1. The molecule has 0 aliphatic rings. The van der Waals surface area contributed by atoms with Gasteiger partial charge < -0.3 is 15.5 Å². The lowest BCUT2D eigenvalue weighted by Crippen LogP contribution is -2.47. The first-order valence-electron chi connectivity index (χ1n) is 5.13. The monoisotopic (exact) mass is 232 g/mol. The van der Waals surface area contributed by atoms with E-state index in [-0.39, 0.29) is 11.4 Å². The minimum absolute atomic E-state index is 0.107. The van der Waals surface area contributed by atoms with E-state index in [0.717, 1.165) is 0 Å². The Bertz CT molecular complexity index is 493. The van der Waals surface area contributed by atoms with Crippen LogP contribution in [-0.2, 0) is 5.60 Å². The molecule has 0 spiro atoms. The molecule has 88 valence electrons. The molecular formula is C12H12N2O3. The summed E-state index contributed by atoms with van der Waals surface area (Å²) in [4.78, 5) is 0. The molecule has 2 aromatic rings. The number of aromatic nitrogens is 2. The van der Waals surface area contributed by atoms with Gasteiger partial charge in [-0.1, -0.05) is 0 Å². The number of pyridine rings is 2. The van der Waals surface area contributed by atoms with Gasteiger partial charge in [0, 0.05) is 24.3 Å². The largest absolute Gasteiger partial charge is 0.618 e. The van der Waals surface area contributed by atoms with Crippen molar-refractivity contribution in [2.24, 2.45) is 0 Å². The average molecular weight is 232 g/mol. The van der Waals surface area contributed by atoms with Crippen LogP contribution in [0.25, 0.3) is 0 Å². The van der Waals surface area contributed by atoms with Crippen LogP contribution in [0.5, 0.6) is 0 Å². The normalized spacial score (nSPS) is 11.4.